The van der Waals surface area contributed by atoms with Gasteiger partial charge in [0, 0.05) is 11.9 Å². The molecule has 3 aromatic rings. The minimum absolute atomic E-state index is 0.149. The molecule has 2 aromatic carbocycles. The van der Waals surface area contributed by atoms with Crippen molar-refractivity contribution < 1.29 is 9.16 Å². The van der Waals surface area contributed by atoms with Crippen molar-refractivity contribution in [1.82, 2.24) is 9.55 Å². The fraction of sp³-hybridized carbons (Fsp3) is 0.238. The zero-order valence-electron chi connectivity index (χ0n) is 16.1. The molecule has 1 aliphatic heterocycles. The Morgan fingerprint density at radius 1 is 1.14 bits per heavy atom. The first-order valence-electron chi connectivity index (χ1n) is 9.43. The average Bonchev–Trinajstić information content (AvgIpc) is 3.22. The first-order chi connectivity index (χ1) is 14.1. The van der Waals surface area contributed by atoms with E-state index in [0.29, 0.717) is 12.4 Å². The standard InChI is InChI=1S/C21H23N3O3SSi/c1-29(16-8-4-2-5-9-16,17-10-6-3-7-11-17)26-14-20-27-19(15-28-20)24-13-12-18(22)23-21(24)25/h2-13,19-20H,14-15H2,1H3,(H2,22,23,25). The van der Waals surface area contributed by atoms with E-state index in [-0.39, 0.29) is 17.5 Å². The van der Waals surface area contributed by atoms with Crippen LogP contribution in [0.25, 0.3) is 0 Å². The van der Waals surface area contributed by atoms with Crippen LogP contribution in [0.15, 0.2) is 77.7 Å². The van der Waals surface area contributed by atoms with Crippen molar-refractivity contribution in [2.75, 3.05) is 18.1 Å². The van der Waals surface area contributed by atoms with Crippen LogP contribution >= 0.6 is 11.8 Å². The van der Waals surface area contributed by atoms with Gasteiger partial charge >= 0.3 is 5.69 Å². The molecule has 0 spiro atoms. The summed E-state index contributed by atoms with van der Waals surface area (Å²) >= 11 is 1.65. The Bertz CT molecular complexity index is 977. The fourth-order valence-electron chi connectivity index (χ4n) is 3.40. The van der Waals surface area contributed by atoms with Crippen LogP contribution in [0, 0.1) is 0 Å². The van der Waals surface area contributed by atoms with E-state index in [1.165, 1.54) is 14.9 Å². The molecule has 2 atom stereocenters. The lowest BCUT2D eigenvalue weighted by atomic mass is 10.4. The molecular formula is C21H23N3O3SSi. The molecule has 1 aliphatic rings. The molecule has 1 saturated heterocycles. The van der Waals surface area contributed by atoms with Gasteiger partial charge in [-0.3, -0.25) is 4.57 Å². The largest absolute Gasteiger partial charge is 0.405 e. The van der Waals surface area contributed by atoms with E-state index in [4.69, 9.17) is 14.9 Å². The molecule has 0 radical (unpaired) electrons. The number of anilines is 1. The molecule has 29 heavy (non-hydrogen) atoms. The van der Waals surface area contributed by atoms with Crippen LogP contribution in [0.5, 0.6) is 0 Å². The number of nitrogens with two attached hydrogens (primary N) is 1. The highest BCUT2D eigenvalue weighted by Gasteiger charge is 2.36. The van der Waals surface area contributed by atoms with E-state index in [2.05, 4.69) is 35.8 Å². The Balaban J connectivity index is 1.49. The maximum Gasteiger partial charge on any atom is 0.351 e. The van der Waals surface area contributed by atoms with Crippen molar-refractivity contribution in [3.05, 3.63) is 83.4 Å². The third kappa shape index (κ3) is 4.30. The Morgan fingerprint density at radius 2 is 1.76 bits per heavy atom. The van der Waals surface area contributed by atoms with Gasteiger partial charge in [-0.15, -0.1) is 11.8 Å². The third-order valence-corrected chi connectivity index (χ3v) is 9.76. The van der Waals surface area contributed by atoms with Gasteiger partial charge in [-0.2, -0.15) is 4.98 Å². The smallest absolute Gasteiger partial charge is 0.351 e. The van der Waals surface area contributed by atoms with Crippen molar-refractivity contribution in [2.45, 2.75) is 18.2 Å². The number of nitrogens with zero attached hydrogens (tertiary/aromatic N) is 2. The molecule has 2 N–H and O–H groups in total. The van der Waals surface area contributed by atoms with Gasteiger partial charge in [-0.1, -0.05) is 60.7 Å². The van der Waals surface area contributed by atoms with E-state index in [0.717, 1.165) is 0 Å². The SMILES string of the molecule is C[Si](OCC1OC(n2ccc(N)nc2=O)CS1)(c1ccccc1)c1ccccc1. The quantitative estimate of drug-likeness (QED) is 0.607. The minimum Gasteiger partial charge on any atom is -0.405 e. The average molecular weight is 426 g/mol. The summed E-state index contributed by atoms with van der Waals surface area (Å²) in [5.41, 5.74) is 5.03. The van der Waals surface area contributed by atoms with Crippen LogP contribution in [0.2, 0.25) is 6.55 Å². The van der Waals surface area contributed by atoms with E-state index in [9.17, 15) is 4.79 Å². The van der Waals surface area contributed by atoms with Gasteiger partial charge in [-0.25, -0.2) is 4.79 Å². The Labute approximate surface area is 174 Å². The van der Waals surface area contributed by atoms with Crippen LogP contribution in [0.3, 0.4) is 0 Å². The maximum atomic E-state index is 12.1. The Hall–Kier alpha value is -2.39. The summed E-state index contributed by atoms with van der Waals surface area (Å²) in [7, 11) is -2.38. The molecule has 1 aromatic heterocycles. The van der Waals surface area contributed by atoms with Crippen LogP contribution in [0.4, 0.5) is 5.82 Å². The number of nitrogen functional groups attached to an aromatic ring is 1. The molecule has 1 fully saturated rings. The predicted molar refractivity (Wildman–Crippen MR) is 119 cm³/mol. The molecule has 8 heteroatoms. The number of aromatic nitrogens is 2. The normalized spacial score (nSPS) is 19.3. The number of benzene rings is 2. The molecule has 2 heterocycles. The zero-order valence-corrected chi connectivity index (χ0v) is 17.9. The van der Waals surface area contributed by atoms with Gasteiger partial charge in [0.15, 0.2) is 0 Å². The van der Waals surface area contributed by atoms with Crippen LogP contribution in [-0.2, 0) is 9.16 Å². The molecule has 4 rings (SSSR count). The first-order valence-corrected chi connectivity index (χ1v) is 12.9. The highest BCUT2D eigenvalue weighted by atomic mass is 32.2. The summed E-state index contributed by atoms with van der Waals surface area (Å²) < 4.78 is 14.1. The van der Waals surface area contributed by atoms with Crippen molar-refractivity contribution in [3.63, 3.8) is 0 Å². The number of hydrogen-bond donors (Lipinski definition) is 1. The number of thioether (sulfide) groups is 1. The lowest BCUT2D eigenvalue weighted by molar-refractivity contribution is -0.00269. The second kappa shape index (κ2) is 8.54. The third-order valence-electron chi connectivity index (χ3n) is 5.05. The van der Waals surface area contributed by atoms with Gasteiger partial charge in [0.1, 0.15) is 17.5 Å². The van der Waals surface area contributed by atoms with E-state index in [1.54, 1.807) is 24.0 Å². The Morgan fingerprint density at radius 3 is 2.34 bits per heavy atom. The highest BCUT2D eigenvalue weighted by Crippen LogP contribution is 2.31. The monoisotopic (exact) mass is 425 g/mol. The molecule has 0 aliphatic carbocycles. The second-order valence-electron chi connectivity index (χ2n) is 6.97. The van der Waals surface area contributed by atoms with Crippen LogP contribution < -0.4 is 21.8 Å². The molecule has 150 valence electrons. The highest BCUT2D eigenvalue weighted by molar-refractivity contribution is 8.00. The Kier molecular flexibility index (Phi) is 5.86. The molecule has 0 bridgehead atoms. The zero-order chi connectivity index (χ0) is 20.3. The van der Waals surface area contributed by atoms with Gasteiger partial charge < -0.3 is 14.9 Å². The fourth-order valence-corrected chi connectivity index (χ4v) is 7.32. The number of rotatable bonds is 6. The lowest BCUT2D eigenvalue weighted by Crippen LogP contribution is -2.59. The summed E-state index contributed by atoms with van der Waals surface area (Å²) in [6.45, 7) is 2.66. The second-order valence-corrected chi connectivity index (χ2v) is 11.7. The van der Waals surface area contributed by atoms with Crippen molar-refractivity contribution in [2.24, 2.45) is 0 Å². The number of ether oxygens (including phenoxy) is 1. The van der Waals surface area contributed by atoms with Gasteiger partial charge in [0.2, 0.25) is 0 Å². The van der Waals surface area contributed by atoms with E-state index >= 15 is 0 Å². The molecule has 2 unspecified atom stereocenters. The topological polar surface area (TPSA) is 79.4 Å². The first kappa shape index (κ1) is 19.9. The van der Waals surface area contributed by atoms with Crippen molar-refractivity contribution in [1.29, 1.82) is 0 Å². The summed E-state index contributed by atoms with van der Waals surface area (Å²) in [4.78, 5) is 15.9. The molecule has 0 saturated carbocycles. The summed E-state index contributed by atoms with van der Waals surface area (Å²) in [5, 5.41) is 2.43. The minimum atomic E-state index is -2.38. The molecule has 6 nitrogen and oxygen atoms in total. The lowest BCUT2D eigenvalue weighted by Gasteiger charge is -2.29. The van der Waals surface area contributed by atoms with E-state index in [1.807, 2.05) is 36.4 Å². The van der Waals surface area contributed by atoms with Crippen molar-refractivity contribution in [3.8, 4) is 0 Å². The predicted octanol–water partition coefficient (Wildman–Crippen LogP) is 1.82. The van der Waals surface area contributed by atoms with Gasteiger partial charge in [0.25, 0.3) is 8.32 Å². The molecule has 0 amide bonds. The maximum absolute atomic E-state index is 12.1. The number of hydrogen-bond acceptors (Lipinski definition) is 6. The summed E-state index contributed by atoms with van der Waals surface area (Å²) in [5.74, 6) is 0.873. The van der Waals surface area contributed by atoms with E-state index < -0.39 is 14.0 Å². The van der Waals surface area contributed by atoms with Gasteiger partial charge in [-0.05, 0) is 23.0 Å². The van der Waals surface area contributed by atoms with Gasteiger partial charge in [0.05, 0.1) is 6.61 Å². The summed E-state index contributed by atoms with van der Waals surface area (Å²) in [6.07, 6.45) is 1.27. The van der Waals surface area contributed by atoms with Crippen molar-refractivity contribution >= 4 is 36.3 Å². The van der Waals surface area contributed by atoms with Crippen LogP contribution in [-0.4, -0.2) is 35.7 Å². The molecular weight excluding hydrogens is 402 g/mol. The van der Waals surface area contributed by atoms with Crippen LogP contribution in [0.1, 0.15) is 6.23 Å². The summed E-state index contributed by atoms with van der Waals surface area (Å²) in [6, 6.07) is 22.3.